The van der Waals surface area contributed by atoms with Crippen LogP contribution in [0.4, 0.5) is 0 Å². The zero-order valence-corrected chi connectivity index (χ0v) is 21.4. The maximum absolute atomic E-state index is 13.3. The highest BCUT2D eigenvalue weighted by atomic mass is 35.5. The topological polar surface area (TPSA) is 94.7 Å². The number of hydrogen-bond acceptors (Lipinski definition) is 5. The summed E-state index contributed by atoms with van der Waals surface area (Å²) >= 11 is 12.2. The molecule has 10 heteroatoms. The van der Waals surface area contributed by atoms with E-state index < -0.39 is 6.04 Å². The molecule has 1 amide bonds. The van der Waals surface area contributed by atoms with Gasteiger partial charge in [-0.2, -0.15) is 0 Å². The predicted octanol–water partition coefficient (Wildman–Crippen LogP) is 4.74. The van der Waals surface area contributed by atoms with Crippen LogP contribution in [0.3, 0.4) is 0 Å². The van der Waals surface area contributed by atoms with Gasteiger partial charge in [0.2, 0.25) is 5.91 Å². The smallest absolute Gasteiger partial charge is 0.254 e. The molecule has 4 aromatic rings. The molecular weight excluding hydrogens is 499 g/mol. The van der Waals surface area contributed by atoms with Gasteiger partial charge < -0.3 is 5.32 Å². The van der Waals surface area contributed by atoms with Gasteiger partial charge in [-0.3, -0.25) is 14.2 Å². The number of benzene rings is 2. The molecule has 2 heterocycles. The highest BCUT2D eigenvalue weighted by molar-refractivity contribution is 6.31. The molecule has 0 saturated heterocycles. The molecule has 0 spiro atoms. The first kappa shape index (κ1) is 25.6. The van der Waals surface area contributed by atoms with Crippen molar-refractivity contribution in [3.63, 3.8) is 0 Å². The van der Waals surface area contributed by atoms with Crippen LogP contribution < -0.4 is 10.9 Å². The largest absolute Gasteiger partial charge is 0.354 e. The summed E-state index contributed by atoms with van der Waals surface area (Å²) in [6.07, 6.45) is 4.16. The number of carbonyl (C=O) groups excluding carboxylic acids is 1. The number of nitrogens with one attached hydrogen (secondary N) is 1. The van der Waals surface area contributed by atoms with Crippen molar-refractivity contribution in [2.24, 2.45) is 5.92 Å². The van der Waals surface area contributed by atoms with E-state index in [0.29, 0.717) is 40.9 Å². The number of nitrogens with zero attached hydrogens (tertiary/aromatic N) is 5. The van der Waals surface area contributed by atoms with Crippen LogP contribution in [0.1, 0.15) is 31.9 Å². The Bertz CT molecular complexity index is 1400. The molecule has 0 aliphatic heterocycles. The predicted molar refractivity (Wildman–Crippen MR) is 141 cm³/mol. The zero-order chi connectivity index (χ0) is 25.7. The van der Waals surface area contributed by atoms with Crippen molar-refractivity contribution in [3.05, 3.63) is 93.2 Å². The normalized spacial score (nSPS) is 12.0. The standard InChI is InChI=1S/C26H26Cl2N6O2/c1-17(2)10-11-29-26(36)23(12-18-6-4-3-5-7-18)33-16-30-21(14-25(33)35)20-13-19(27)8-9-22(20)34-15-24(28)31-32-34/h3-9,13-17,23H,10-12H2,1-2H3,(H,29,36)/t23-/m0/s1. The van der Waals surface area contributed by atoms with E-state index in [-0.39, 0.29) is 16.6 Å². The molecule has 8 nitrogen and oxygen atoms in total. The average molecular weight is 525 g/mol. The van der Waals surface area contributed by atoms with Crippen molar-refractivity contribution in [1.82, 2.24) is 29.9 Å². The first-order valence-corrected chi connectivity index (χ1v) is 12.4. The Kier molecular flexibility index (Phi) is 8.18. The van der Waals surface area contributed by atoms with E-state index in [4.69, 9.17) is 23.2 Å². The van der Waals surface area contributed by atoms with Gasteiger partial charge in [-0.25, -0.2) is 9.67 Å². The van der Waals surface area contributed by atoms with Gasteiger partial charge in [0.25, 0.3) is 5.56 Å². The summed E-state index contributed by atoms with van der Waals surface area (Å²) in [6.45, 7) is 4.73. The summed E-state index contributed by atoms with van der Waals surface area (Å²) in [6, 6.07) is 15.4. The van der Waals surface area contributed by atoms with Gasteiger partial charge in [0.05, 0.1) is 23.9 Å². The fourth-order valence-electron chi connectivity index (χ4n) is 3.82. The average Bonchev–Trinajstić information content (AvgIpc) is 3.29. The summed E-state index contributed by atoms with van der Waals surface area (Å²) in [5.41, 5.74) is 2.16. The molecule has 2 aromatic carbocycles. The summed E-state index contributed by atoms with van der Waals surface area (Å²) in [5, 5.41) is 11.5. The Hall–Kier alpha value is -3.49. The number of carbonyl (C=O) groups is 1. The van der Waals surface area contributed by atoms with Crippen molar-refractivity contribution in [2.45, 2.75) is 32.7 Å². The minimum absolute atomic E-state index is 0.225. The van der Waals surface area contributed by atoms with Crippen LogP contribution in [0, 0.1) is 5.92 Å². The molecule has 0 unspecified atom stereocenters. The van der Waals surface area contributed by atoms with Crippen LogP contribution in [0.25, 0.3) is 16.9 Å². The van der Waals surface area contributed by atoms with E-state index >= 15 is 0 Å². The third-order valence-electron chi connectivity index (χ3n) is 5.71. The lowest BCUT2D eigenvalue weighted by molar-refractivity contribution is -0.124. The van der Waals surface area contributed by atoms with Crippen LogP contribution in [0.15, 0.2) is 71.9 Å². The van der Waals surface area contributed by atoms with Gasteiger partial charge in [-0.15, -0.1) is 5.10 Å². The maximum atomic E-state index is 13.3. The SMILES string of the molecule is CC(C)CCNC(=O)[C@H](Cc1ccccc1)n1cnc(-c2cc(Cl)ccc2-n2cc(Cl)nn2)cc1=O. The number of halogens is 2. The maximum Gasteiger partial charge on any atom is 0.254 e. The van der Waals surface area contributed by atoms with Crippen LogP contribution in [0.2, 0.25) is 10.2 Å². The van der Waals surface area contributed by atoms with Crippen molar-refractivity contribution in [1.29, 1.82) is 0 Å². The van der Waals surface area contributed by atoms with E-state index in [1.165, 1.54) is 21.6 Å². The molecule has 0 aliphatic carbocycles. The van der Waals surface area contributed by atoms with Crippen LogP contribution >= 0.6 is 23.2 Å². The van der Waals surface area contributed by atoms with Crippen molar-refractivity contribution >= 4 is 29.1 Å². The van der Waals surface area contributed by atoms with Gasteiger partial charge in [0.1, 0.15) is 6.04 Å². The van der Waals surface area contributed by atoms with E-state index in [2.05, 4.69) is 34.5 Å². The Morgan fingerprint density at radius 3 is 2.53 bits per heavy atom. The van der Waals surface area contributed by atoms with Crippen molar-refractivity contribution < 1.29 is 4.79 Å². The second-order valence-corrected chi connectivity index (χ2v) is 9.67. The monoisotopic (exact) mass is 524 g/mol. The van der Waals surface area contributed by atoms with Crippen LogP contribution in [0.5, 0.6) is 0 Å². The zero-order valence-electron chi connectivity index (χ0n) is 19.9. The lowest BCUT2D eigenvalue weighted by Crippen LogP contribution is -2.39. The number of aromatic nitrogens is 5. The lowest BCUT2D eigenvalue weighted by atomic mass is 10.0. The van der Waals surface area contributed by atoms with Crippen LogP contribution in [-0.2, 0) is 11.2 Å². The molecule has 0 bridgehead atoms. The van der Waals surface area contributed by atoms with Gasteiger partial charge in [0.15, 0.2) is 5.15 Å². The van der Waals surface area contributed by atoms with E-state index in [1.807, 2.05) is 30.3 Å². The molecule has 4 rings (SSSR count). The second-order valence-electron chi connectivity index (χ2n) is 8.85. The van der Waals surface area contributed by atoms with E-state index in [0.717, 1.165) is 12.0 Å². The molecule has 186 valence electrons. The summed E-state index contributed by atoms with van der Waals surface area (Å²) in [4.78, 5) is 31.0. The molecule has 0 aliphatic rings. The van der Waals surface area contributed by atoms with Crippen molar-refractivity contribution in [3.8, 4) is 16.9 Å². The summed E-state index contributed by atoms with van der Waals surface area (Å²) in [5.74, 6) is 0.227. The summed E-state index contributed by atoms with van der Waals surface area (Å²) < 4.78 is 2.86. The Morgan fingerprint density at radius 1 is 1.08 bits per heavy atom. The van der Waals surface area contributed by atoms with Gasteiger partial charge in [0, 0.05) is 29.6 Å². The van der Waals surface area contributed by atoms with Gasteiger partial charge in [-0.05, 0) is 36.1 Å². The number of hydrogen-bond donors (Lipinski definition) is 1. The van der Waals surface area contributed by atoms with E-state index in [9.17, 15) is 9.59 Å². The highest BCUT2D eigenvalue weighted by Crippen LogP contribution is 2.28. The van der Waals surface area contributed by atoms with Crippen molar-refractivity contribution in [2.75, 3.05) is 6.54 Å². The third kappa shape index (κ3) is 6.19. The quantitative estimate of drug-likeness (QED) is 0.341. The molecular formula is C26H26Cl2N6O2. The third-order valence-corrected chi connectivity index (χ3v) is 6.12. The first-order chi connectivity index (χ1) is 17.3. The Morgan fingerprint density at radius 2 is 1.86 bits per heavy atom. The fourth-order valence-corrected chi connectivity index (χ4v) is 4.12. The number of rotatable bonds is 9. The van der Waals surface area contributed by atoms with Crippen LogP contribution in [-0.4, -0.2) is 37.0 Å². The highest BCUT2D eigenvalue weighted by Gasteiger charge is 2.23. The second kappa shape index (κ2) is 11.5. The Balaban J connectivity index is 1.70. The molecule has 0 radical (unpaired) electrons. The number of amides is 1. The van der Waals surface area contributed by atoms with Gasteiger partial charge in [-0.1, -0.05) is 72.6 Å². The lowest BCUT2D eigenvalue weighted by Gasteiger charge is -2.20. The summed E-state index contributed by atoms with van der Waals surface area (Å²) in [7, 11) is 0. The minimum atomic E-state index is -0.749. The molecule has 1 N–H and O–H groups in total. The molecule has 2 aromatic heterocycles. The van der Waals surface area contributed by atoms with E-state index in [1.54, 1.807) is 24.4 Å². The molecule has 0 fully saturated rings. The fraction of sp³-hybridized carbons (Fsp3) is 0.269. The molecule has 1 atom stereocenters. The first-order valence-electron chi connectivity index (χ1n) is 11.6. The molecule has 0 saturated carbocycles. The Labute approximate surface area is 218 Å². The molecule has 36 heavy (non-hydrogen) atoms. The van der Waals surface area contributed by atoms with Gasteiger partial charge >= 0.3 is 0 Å². The minimum Gasteiger partial charge on any atom is -0.354 e.